The molecule has 16 heavy (non-hydrogen) atoms. The molecular weight excluding hydrogens is 274 g/mol. The number of hydrogen-bond donors (Lipinski definition) is 0. The van der Waals surface area contributed by atoms with Gasteiger partial charge in [0, 0.05) is 0 Å². The molecule has 0 spiro atoms. The largest absolute Gasteiger partial charge is 1.00 e. The smallest absolute Gasteiger partial charge is 0.870 e. The van der Waals surface area contributed by atoms with Crippen LogP contribution in [-0.2, 0) is 0 Å². The molecule has 0 aromatic heterocycles. The van der Waals surface area contributed by atoms with Crippen molar-refractivity contribution in [1.29, 1.82) is 0 Å². The zero-order valence-electron chi connectivity index (χ0n) is 9.01. The van der Waals surface area contributed by atoms with E-state index in [1.807, 2.05) is 30.3 Å². The van der Waals surface area contributed by atoms with Gasteiger partial charge in [0.2, 0.25) is 0 Å². The first kappa shape index (κ1) is 13.8. The molecule has 0 saturated heterocycles. The number of hydrogen-bond acceptors (Lipinski definition) is 2. The average Bonchev–Trinajstić information content (AvgIpc) is 2.44. The molecule has 3 heteroatoms. The monoisotopic (exact) mass is 282 g/mol. The van der Waals surface area contributed by atoms with Crippen LogP contribution in [0.4, 0.5) is 0 Å². The average molecular weight is 283 g/mol. The van der Waals surface area contributed by atoms with Gasteiger partial charge in [-0.2, -0.15) is 0 Å². The van der Waals surface area contributed by atoms with Crippen LogP contribution in [0.25, 0.3) is 11.1 Å². The Labute approximate surface area is 143 Å². The van der Waals surface area contributed by atoms with E-state index in [1.54, 1.807) is 12.1 Å². The van der Waals surface area contributed by atoms with Crippen LogP contribution < -0.4 is 68.7 Å². The fraction of sp³-hybridized carbons (Fsp3) is 0. The second-order valence-corrected chi connectivity index (χ2v) is 3.22. The summed E-state index contributed by atoms with van der Waals surface area (Å²) in [5.74, 6) is -0.475. The zero-order valence-corrected chi connectivity index (χ0v) is 13.9. The Kier molecular flexibility index (Phi) is 5.56. The van der Waals surface area contributed by atoms with Crippen LogP contribution in [0.5, 0.6) is 5.75 Å². The Morgan fingerprint density at radius 3 is 2.00 bits per heavy atom. The van der Waals surface area contributed by atoms with E-state index in [2.05, 4.69) is 0 Å². The minimum absolute atomic E-state index is 0. The Morgan fingerprint density at radius 1 is 0.750 bits per heavy atom. The Morgan fingerprint density at radius 2 is 1.31 bits per heavy atom. The van der Waals surface area contributed by atoms with Crippen LogP contribution in [-0.4, -0.2) is 0 Å². The van der Waals surface area contributed by atoms with E-state index in [1.165, 1.54) is 12.1 Å². The van der Waals surface area contributed by atoms with E-state index in [4.69, 9.17) is 0 Å². The summed E-state index contributed by atoms with van der Waals surface area (Å²) in [5, 5.41) is 11.1. The van der Waals surface area contributed by atoms with Gasteiger partial charge in [0.1, 0.15) is 0 Å². The van der Waals surface area contributed by atoms with Crippen molar-refractivity contribution in [1.82, 2.24) is 0 Å². The van der Waals surface area contributed by atoms with E-state index in [0.717, 1.165) is 11.1 Å². The second kappa shape index (κ2) is 6.45. The maximum Gasteiger partial charge on any atom is 1.00 e. The quantitative estimate of drug-likeness (QED) is 0.659. The normalized spacial score (nSPS) is 9.25. The summed E-state index contributed by atoms with van der Waals surface area (Å²) in [6.45, 7) is 0. The van der Waals surface area contributed by atoms with Crippen molar-refractivity contribution in [2.24, 2.45) is 0 Å². The van der Waals surface area contributed by atoms with Crippen LogP contribution in [0, 0.1) is 0 Å². The molecule has 0 heterocycles. The van der Waals surface area contributed by atoms with Crippen molar-refractivity contribution < 1.29 is 63.3 Å². The molecule has 2 aromatic carbocycles. The summed E-state index contributed by atoms with van der Waals surface area (Å²) in [4.78, 5) is 11.1. The molecule has 2 nitrogen and oxygen atoms in total. The van der Waals surface area contributed by atoms with E-state index in [9.17, 15) is 9.90 Å². The predicted octanol–water partition coefficient (Wildman–Crippen LogP) is -1.21. The van der Waals surface area contributed by atoms with Crippen molar-refractivity contribution in [3.63, 3.8) is 0 Å². The van der Waals surface area contributed by atoms with E-state index in [-0.39, 0.29) is 58.2 Å². The van der Waals surface area contributed by atoms with Gasteiger partial charge in [0.15, 0.2) is 5.43 Å². The minimum Gasteiger partial charge on any atom is -0.870 e. The summed E-state index contributed by atoms with van der Waals surface area (Å²) in [6.07, 6.45) is 0. The third kappa shape index (κ3) is 3.35. The fourth-order valence-electron chi connectivity index (χ4n) is 1.37. The van der Waals surface area contributed by atoms with Crippen molar-refractivity contribution in [2.75, 3.05) is 0 Å². The molecule has 2 rings (SSSR count). The fourth-order valence-corrected chi connectivity index (χ4v) is 1.37. The molecule has 0 atom stereocenters. The Balaban J connectivity index is 0.00000128. The summed E-state index contributed by atoms with van der Waals surface area (Å²) < 4.78 is 0. The third-order valence-corrected chi connectivity index (χ3v) is 2.18. The van der Waals surface area contributed by atoms with E-state index in [0.29, 0.717) is 0 Å². The number of rotatable bonds is 1. The molecule has 74 valence electrons. The van der Waals surface area contributed by atoms with Crippen molar-refractivity contribution in [2.45, 2.75) is 0 Å². The Hall–Kier alpha value is -0.285. The van der Waals surface area contributed by atoms with Crippen LogP contribution in [0.3, 0.4) is 0 Å². The SMILES string of the molecule is O=c1ccc(-c2ccccc2)ccc1[O-].[Rb+]. The van der Waals surface area contributed by atoms with Crippen LogP contribution in [0.1, 0.15) is 0 Å². The summed E-state index contributed by atoms with van der Waals surface area (Å²) in [6, 6.07) is 15.6. The number of benzene rings is 1. The van der Waals surface area contributed by atoms with E-state index < -0.39 is 11.2 Å². The molecule has 0 radical (unpaired) electrons. The van der Waals surface area contributed by atoms with Gasteiger partial charge in [-0.3, -0.25) is 4.79 Å². The van der Waals surface area contributed by atoms with Gasteiger partial charge in [0.25, 0.3) is 0 Å². The van der Waals surface area contributed by atoms with Crippen molar-refractivity contribution in [3.8, 4) is 16.9 Å². The third-order valence-electron chi connectivity index (χ3n) is 2.18. The maximum atomic E-state index is 11.1. The zero-order chi connectivity index (χ0) is 10.7. The van der Waals surface area contributed by atoms with Crippen LogP contribution in [0.15, 0.2) is 59.4 Å². The molecule has 0 bridgehead atoms. The van der Waals surface area contributed by atoms with Gasteiger partial charge in [0.05, 0.1) is 0 Å². The van der Waals surface area contributed by atoms with Crippen LogP contribution >= 0.6 is 0 Å². The Bertz CT molecular complexity index is 524. The molecule has 0 saturated carbocycles. The summed E-state index contributed by atoms with van der Waals surface area (Å²) >= 11 is 0. The molecule has 0 amide bonds. The first-order valence-corrected chi connectivity index (χ1v) is 4.64. The molecule has 0 aliphatic heterocycles. The summed E-state index contributed by atoms with van der Waals surface area (Å²) in [5.41, 5.74) is 1.39. The summed E-state index contributed by atoms with van der Waals surface area (Å²) in [7, 11) is 0. The van der Waals surface area contributed by atoms with Crippen LogP contribution in [0.2, 0.25) is 0 Å². The molecule has 0 aliphatic carbocycles. The topological polar surface area (TPSA) is 40.1 Å². The standard InChI is InChI=1S/C13H10O2.Rb/c14-12-8-6-11(7-9-13(12)15)10-4-2-1-3-5-10;/h1-9H,(H,14,15);/q;+1/p-1. The second-order valence-electron chi connectivity index (χ2n) is 3.22. The van der Waals surface area contributed by atoms with Crippen molar-refractivity contribution in [3.05, 3.63) is 64.8 Å². The van der Waals surface area contributed by atoms with Gasteiger partial charge in [-0.25, -0.2) is 0 Å². The van der Waals surface area contributed by atoms with Crippen molar-refractivity contribution >= 4 is 0 Å². The predicted molar refractivity (Wildman–Crippen MR) is 57.6 cm³/mol. The molecular formula is C13H9O2Rb. The molecule has 0 fully saturated rings. The molecule has 0 aliphatic rings. The first-order valence-electron chi connectivity index (χ1n) is 4.64. The first-order chi connectivity index (χ1) is 7.27. The van der Waals surface area contributed by atoms with Gasteiger partial charge in [-0.15, -0.1) is 0 Å². The molecule has 0 N–H and O–H groups in total. The van der Waals surface area contributed by atoms with Gasteiger partial charge >= 0.3 is 58.2 Å². The minimum atomic E-state index is -0.475. The van der Waals surface area contributed by atoms with Gasteiger partial charge in [-0.05, 0) is 17.2 Å². The van der Waals surface area contributed by atoms with E-state index >= 15 is 0 Å². The molecule has 2 aromatic rings. The molecule has 0 unspecified atom stereocenters. The van der Waals surface area contributed by atoms with Gasteiger partial charge < -0.3 is 5.11 Å². The van der Waals surface area contributed by atoms with Gasteiger partial charge in [-0.1, -0.05) is 54.3 Å². The maximum absolute atomic E-state index is 11.1.